The van der Waals surface area contributed by atoms with Crippen molar-refractivity contribution < 1.29 is 14.4 Å². The van der Waals surface area contributed by atoms with Crippen molar-refractivity contribution in [1.82, 2.24) is 14.8 Å². The summed E-state index contributed by atoms with van der Waals surface area (Å²) in [5, 5.41) is 0.742. The summed E-state index contributed by atoms with van der Waals surface area (Å²) in [6.07, 6.45) is 1.59. The smallest absolute Gasteiger partial charge is 0.295 e. The summed E-state index contributed by atoms with van der Waals surface area (Å²) in [4.78, 5) is 44.6. The lowest BCUT2D eigenvalue weighted by Gasteiger charge is -2.39. The maximum atomic E-state index is 12.9. The number of piperazine rings is 1. The van der Waals surface area contributed by atoms with Gasteiger partial charge < -0.3 is 14.8 Å². The summed E-state index contributed by atoms with van der Waals surface area (Å²) in [7, 11) is 0. The molecule has 1 unspecified atom stereocenters. The van der Waals surface area contributed by atoms with Crippen LogP contribution in [-0.2, 0) is 4.79 Å². The van der Waals surface area contributed by atoms with Crippen molar-refractivity contribution in [2.75, 3.05) is 19.6 Å². The lowest BCUT2D eigenvalue weighted by atomic mass is 10.1. The third-order valence-electron chi connectivity index (χ3n) is 5.22. The molecule has 3 aromatic rings. The van der Waals surface area contributed by atoms with E-state index in [1.807, 2.05) is 49.4 Å². The van der Waals surface area contributed by atoms with Crippen molar-refractivity contribution >= 4 is 28.5 Å². The van der Waals surface area contributed by atoms with E-state index < -0.39 is 11.7 Å². The zero-order valence-corrected chi connectivity index (χ0v) is 15.6. The van der Waals surface area contributed by atoms with Crippen LogP contribution < -0.4 is 0 Å². The first-order valence-corrected chi connectivity index (χ1v) is 9.32. The number of fused-ring (bicyclic) bond motifs is 1. The minimum absolute atomic E-state index is 0.0532. The number of nitrogens with one attached hydrogen (secondary N) is 1. The van der Waals surface area contributed by atoms with Gasteiger partial charge in [-0.2, -0.15) is 0 Å². The Morgan fingerprint density at radius 3 is 2.43 bits per heavy atom. The number of ketones is 1. The Kier molecular flexibility index (Phi) is 4.69. The molecule has 0 spiro atoms. The van der Waals surface area contributed by atoms with Crippen LogP contribution in [0.25, 0.3) is 10.9 Å². The maximum Gasteiger partial charge on any atom is 0.295 e. The molecule has 6 nitrogen and oxygen atoms in total. The van der Waals surface area contributed by atoms with Gasteiger partial charge in [0.2, 0.25) is 0 Å². The summed E-state index contributed by atoms with van der Waals surface area (Å²) in [6, 6.07) is 16.3. The number of aromatic amines is 1. The van der Waals surface area contributed by atoms with Gasteiger partial charge in [0.25, 0.3) is 17.6 Å². The number of amides is 2. The molecule has 2 heterocycles. The highest BCUT2D eigenvalue weighted by atomic mass is 16.2. The van der Waals surface area contributed by atoms with E-state index in [9.17, 15) is 14.4 Å². The Hall–Kier alpha value is -3.41. The molecule has 0 radical (unpaired) electrons. The van der Waals surface area contributed by atoms with Crippen molar-refractivity contribution in [3.8, 4) is 0 Å². The second kappa shape index (κ2) is 7.31. The third kappa shape index (κ3) is 3.17. The standard InChI is InChI=1S/C22H21N3O3/c1-15-14-24(21(27)16-7-3-2-4-8-16)11-12-25(15)22(28)20(26)18-13-23-19-10-6-5-9-17(18)19/h2-10,13,15,23H,11-12,14H2,1H3. The van der Waals surface area contributed by atoms with Crippen LogP contribution in [0.3, 0.4) is 0 Å². The Morgan fingerprint density at radius 1 is 0.964 bits per heavy atom. The van der Waals surface area contributed by atoms with Gasteiger partial charge in [0.1, 0.15) is 0 Å². The maximum absolute atomic E-state index is 12.9. The molecule has 4 rings (SSSR count). The number of aromatic nitrogens is 1. The second-order valence-electron chi connectivity index (χ2n) is 7.04. The Balaban J connectivity index is 1.48. The topological polar surface area (TPSA) is 73.5 Å². The highest BCUT2D eigenvalue weighted by Gasteiger charge is 2.34. The first-order chi connectivity index (χ1) is 13.6. The molecule has 6 heteroatoms. The van der Waals surface area contributed by atoms with Crippen LogP contribution >= 0.6 is 0 Å². The first kappa shape index (κ1) is 18.0. The Labute approximate surface area is 162 Å². The van der Waals surface area contributed by atoms with Crippen LogP contribution in [0.15, 0.2) is 60.8 Å². The average Bonchev–Trinajstić information content (AvgIpc) is 3.17. The lowest BCUT2D eigenvalue weighted by Crippen LogP contribution is -2.56. The number of carbonyl (C=O) groups excluding carboxylic acids is 3. The molecule has 1 saturated heterocycles. The van der Waals surface area contributed by atoms with Gasteiger partial charge in [-0.25, -0.2) is 0 Å². The fourth-order valence-corrected chi connectivity index (χ4v) is 3.71. The minimum atomic E-state index is -0.524. The van der Waals surface area contributed by atoms with Crippen LogP contribution in [-0.4, -0.2) is 58.1 Å². The van der Waals surface area contributed by atoms with E-state index in [2.05, 4.69) is 4.98 Å². The van der Waals surface area contributed by atoms with Crippen LogP contribution in [0.2, 0.25) is 0 Å². The molecule has 2 amide bonds. The molecule has 0 aliphatic carbocycles. The lowest BCUT2D eigenvalue weighted by molar-refractivity contribution is -0.130. The fraction of sp³-hybridized carbons (Fsp3) is 0.227. The van der Waals surface area contributed by atoms with Crippen LogP contribution in [0.4, 0.5) is 0 Å². The fourth-order valence-electron chi connectivity index (χ4n) is 3.71. The quantitative estimate of drug-likeness (QED) is 0.565. The zero-order chi connectivity index (χ0) is 19.7. The van der Waals surface area contributed by atoms with Crippen molar-refractivity contribution in [1.29, 1.82) is 0 Å². The van der Waals surface area contributed by atoms with E-state index in [0.717, 1.165) is 10.9 Å². The molecule has 2 aromatic carbocycles. The number of hydrogen-bond acceptors (Lipinski definition) is 3. The van der Waals surface area contributed by atoms with Gasteiger partial charge in [0.15, 0.2) is 0 Å². The number of para-hydroxylation sites is 1. The summed E-state index contributed by atoms with van der Waals surface area (Å²) in [5.41, 5.74) is 1.84. The zero-order valence-electron chi connectivity index (χ0n) is 15.6. The third-order valence-corrected chi connectivity index (χ3v) is 5.22. The molecule has 28 heavy (non-hydrogen) atoms. The molecule has 1 aliphatic heterocycles. The molecular weight excluding hydrogens is 354 g/mol. The van der Waals surface area contributed by atoms with Gasteiger partial charge in [0, 0.05) is 48.3 Å². The van der Waals surface area contributed by atoms with Gasteiger partial charge in [-0.1, -0.05) is 36.4 Å². The van der Waals surface area contributed by atoms with Crippen molar-refractivity contribution in [3.05, 3.63) is 71.9 Å². The molecule has 142 valence electrons. The van der Waals surface area contributed by atoms with Crippen molar-refractivity contribution in [2.24, 2.45) is 0 Å². The summed E-state index contributed by atoms with van der Waals surface area (Å²) >= 11 is 0. The molecule has 1 atom stereocenters. The van der Waals surface area contributed by atoms with E-state index in [0.29, 0.717) is 30.8 Å². The molecule has 1 N–H and O–H groups in total. The number of rotatable bonds is 3. The number of H-pyrrole nitrogens is 1. The number of nitrogens with zero attached hydrogens (tertiary/aromatic N) is 2. The normalized spacial score (nSPS) is 17.0. The number of hydrogen-bond donors (Lipinski definition) is 1. The van der Waals surface area contributed by atoms with Gasteiger partial charge in [-0.15, -0.1) is 0 Å². The molecule has 0 saturated carbocycles. The summed E-state index contributed by atoms with van der Waals surface area (Å²) in [5.74, 6) is -1.10. The molecule has 0 bridgehead atoms. The van der Waals surface area contributed by atoms with Gasteiger partial charge >= 0.3 is 0 Å². The summed E-state index contributed by atoms with van der Waals surface area (Å²) < 4.78 is 0. The van der Waals surface area contributed by atoms with Crippen LogP contribution in [0.1, 0.15) is 27.6 Å². The van der Waals surface area contributed by atoms with Crippen molar-refractivity contribution in [2.45, 2.75) is 13.0 Å². The first-order valence-electron chi connectivity index (χ1n) is 9.32. The number of Topliss-reactive ketones (excluding diaryl/α,β-unsaturated/α-hetero) is 1. The van der Waals surface area contributed by atoms with Crippen molar-refractivity contribution in [3.63, 3.8) is 0 Å². The molecule has 1 aromatic heterocycles. The molecule has 1 aliphatic rings. The van der Waals surface area contributed by atoms with Crippen LogP contribution in [0, 0.1) is 0 Å². The molecule has 1 fully saturated rings. The number of carbonyl (C=O) groups is 3. The van der Waals surface area contributed by atoms with E-state index in [4.69, 9.17) is 0 Å². The monoisotopic (exact) mass is 375 g/mol. The Bertz CT molecular complexity index is 1040. The van der Waals surface area contributed by atoms with Gasteiger partial charge in [-0.3, -0.25) is 14.4 Å². The predicted octanol–water partition coefficient (Wildman–Crippen LogP) is 2.72. The summed E-state index contributed by atoms with van der Waals surface area (Å²) in [6.45, 7) is 3.02. The largest absolute Gasteiger partial charge is 0.360 e. The predicted molar refractivity (Wildman–Crippen MR) is 106 cm³/mol. The van der Waals surface area contributed by atoms with E-state index >= 15 is 0 Å². The molecular formula is C22H21N3O3. The second-order valence-corrected chi connectivity index (χ2v) is 7.04. The minimum Gasteiger partial charge on any atom is -0.360 e. The van der Waals surface area contributed by atoms with Gasteiger partial charge in [-0.05, 0) is 25.1 Å². The van der Waals surface area contributed by atoms with E-state index in [1.165, 1.54) is 0 Å². The Morgan fingerprint density at radius 2 is 1.68 bits per heavy atom. The van der Waals surface area contributed by atoms with Gasteiger partial charge in [0.05, 0.1) is 5.56 Å². The number of benzene rings is 2. The van der Waals surface area contributed by atoms with E-state index in [-0.39, 0.29) is 11.9 Å². The average molecular weight is 375 g/mol. The SMILES string of the molecule is CC1CN(C(=O)c2ccccc2)CCN1C(=O)C(=O)c1c[nH]c2ccccc12. The van der Waals surface area contributed by atoms with E-state index in [1.54, 1.807) is 28.1 Å². The van der Waals surface area contributed by atoms with Crippen LogP contribution in [0.5, 0.6) is 0 Å². The highest BCUT2D eigenvalue weighted by Crippen LogP contribution is 2.20. The highest BCUT2D eigenvalue weighted by molar-refractivity contribution is 6.44.